The van der Waals surface area contributed by atoms with Gasteiger partial charge in [0, 0.05) is 21.8 Å². The molecule has 216 valence electrons. The van der Waals surface area contributed by atoms with Crippen LogP contribution in [0.1, 0.15) is 0 Å². The van der Waals surface area contributed by atoms with Crippen molar-refractivity contribution in [3.63, 3.8) is 0 Å². The molecule has 41 heavy (non-hydrogen) atoms. The first kappa shape index (κ1) is 29.9. The van der Waals surface area contributed by atoms with E-state index in [2.05, 4.69) is 20.9 Å². The van der Waals surface area contributed by atoms with Crippen LogP contribution in [0.25, 0.3) is 21.5 Å². The molecular formula is C23H20N4O11S3. The number of carbonyl (C=O) groups excluding carboxylic acids is 1. The van der Waals surface area contributed by atoms with Crippen molar-refractivity contribution in [2.45, 2.75) is 14.7 Å². The molecule has 0 radical (unpaired) electrons. The average molecular weight is 625 g/mol. The third kappa shape index (κ3) is 6.17. The highest BCUT2D eigenvalue weighted by Crippen LogP contribution is 2.43. The summed E-state index contributed by atoms with van der Waals surface area (Å²) in [6.45, 7) is -0.0175. The number of benzene rings is 4. The zero-order chi connectivity index (χ0) is 30.3. The molecule has 18 heteroatoms. The Hall–Kier alpha value is -4.04. The highest BCUT2D eigenvalue weighted by atomic mass is 32.2. The Balaban J connectivity index is 1.94. The van der Waals surface area contributed by atoms with E-state index in [1.165, 1.54) is 18.2 Å². The number of hydrogen-bond acceptors (Lipinski definition) is 11. The summed E-state index contributed by atoms with van der Waals surface area (Å²) in [5, 5.41) is 22.8. The lowest BCUT2D eigenvalue weighted by Crippen LogP contribution is -2.24. The number of amides is 1. The van der Waals surface area contributed by atoms with Crippen LogP contribution in [0.4, 0.5) is 17.1 Å². The molecule has 4 rings (SSSR count). The fourth-order valence-corrected chi connectivity index (χ4v) is 6.25. The molecule has 0 atom stereocenters. The van der Waals surface area contributed by atoms with Crippen molar-refractivity contribution in [3.05, 3.63) is 54.6 Å². The summed E-state index contributed by atoms with van der Waals surface area (Å²) < 4.78 is 102. The Morgan fingerprint density at radius 3 is 2.05 bits per heavy atom. The van der Waals surface area contributed by atoms with Gasteiger partial charge in [0.05, 0.1) is 6.54 Å². The predicted molar refractivity (Wildman–Crippen MR) is 146 cm³/mol. The molecule has 0 aliphatic heterocycles. The van der Waals surface area contributed by atoms with E-state index < -0.39 is 68.1 Å². The van der Waals surface area contributed by atoms with Gasteiger partial charge in [-0.3, -0.25) is 18.5 Å². The topological polar surface area (TPSA) is 249 Å². The summed E-state index contributed by atoms with van der Waals surface area (Å²) in [5.74, 6) is -1.19. The SMILES string of the molecule is CNCC(=O)Nc1ccc2c(O)c(N=Nc3ccc4c(S(=O)(=O)O)cccc4c3S(=O)(=O)O)c(S(=O)(=O)O)cc2c1. The zero-order valence-electron chi connectivity index (χ0n) is 20.7. The van der Waals surface area contributed by atoms with Gasteiger partial charge in [-0.05, 0) is 48.8 Å². The number of azo groups is 1. The number of nitrogens with zero attached hydrogens (tertiary/aromatic N) is 2. The van der Waals surface area contributed by atoms with Crippen LogP contribution >= 0.6 is 0 Å². The summed E-state index contributed by atoms with van der Waals surface area (Å²) in [4.78, 5) is 9.36. The number of anilines is 1. The molecule has 0 heterocycles. The maximum absolute atomic E-state index is 12.3. The Labute approximate surface area is 232 Å². The highest BCUT2D eigenvalue weighted by molar-refractivity contribution is 7.86. The van der Waals surface area contributed by atoms with Gasteiger partial charge in [0.2, 0.25) is 5.91 Å². The second-order valence-electron chi connectivity index (χ2n) is 8.48. The van der Waals surface area contributed by atoms with Crippen LogP contribution in [0.3, 0.4) is 0 Å². The van der Waals surface area contributed by atoms with E-state index in [1.807, 2.05) is 0 Å². The fourth-order valence-electron chi connectivity index (χ4n) is 4.06. The van der Waals surface area contributed by atoms with Crippen LogP contribution in [0.2, 0.25) is 0 Å². The van der Waals surface area contributed by atoms with Crippen molar-refractivity contribution >= 4 is 74.9 Å². The average Bonchev–Trinajstić information content (AvgIpc) is 2.85. The summed E-state index contributed by atoms with van der Waals surface area (Å²) in [6, 6.07) is 10.2. The zero-order valence-corrected chi connectivity index (χ0v) is 23.1. The van der Waals surface area contributed by atoms with E-state index in [4.69, 9.17) is 0 Å². The molecule has 15 nitrogen and oxygen atoms in total. The molecule has 0 bridgehead atoms. The molecule has 0 spiro atoms. The quantitative estimate of drug-likeness (QED) is 0.122. The smallest absolute Gasteiger partial charge is 0.297 e. The monoisotopic (exact) mass is 624 g/mol. The largest absolute Gasteiger partial charge is 0.505 e. The van der Waals surface area contributed by atoms with Gasteiger partial charge in [0.1, 0.15) is 26.1 Å². The standard InChI is InChI=1S/C23H20N4O11S3/c1-24-11-20(28)25-13-5-6-14-12(9-13)10-19(40(33,34)35)21(22(14)29)27-26-17-8-7-15-16(23(17)41(36,37)38)3-2-4-18(15)39(30,31)32/h2-10,24,29H,11H2,1H3,(H,25,28)(H,30,31,32)(H,33,34,35)(H,36,37,38). The highest BCUT2D eigenvalue weighted by Gasteiger charge is 2.25. The normalized spacial score (nSPS) is 12.8. The number of phenols is 1. The molecule has 0 aromatic heterocycles. The van der Waals surface area contributed by atoms with Gasteiger partial charge in [-0.15, -0.1) is 10.2 Å². The molecule has 4 aromatic rings. The van der Waals surface area contributed by atoms with E-state index in [-0.39, 0.29) is 33.8 Å². The number of aromatic hydroxyl groups is 1. The van der Waals surface area contributed by atoms with Crippen LogP contribution in [0.5, 0.6) is 5.75 Å². The minimum Gasteiger partial charge on any atom is -0.505 e. The van der Waals surface area contributed by atoms with Crippen LogP contribution in [-0.2, 0) is 35.1 Å². The number of rotatable bonds is 8. The van der Waals surface area contributed by atoms with Crippen molar-refractivity contribution in [2.24, 2.45) is 10.2 Å². The maximum Gasteiger partial charge on any atom is 0.297 e. The molecule has 0 saturated heterocycles. The fraction of sp³-hybridized carbons (Fsp3) is 0.0870. The molecule has 0 saturated carbocycles. The first-order valence-corrected chi connectivity index (χ1v) is 15.5. The third-order valence-electron chi connectivity index (χ3n) is 5.69. The Bertz CT molecular complexity index is 2090. The number of nitrogens with one attached hydrogen (secondary N) is 2. The Kier molecular flexibility index (Phi) is 7.84. The van der Waals surface area contributed by atoms with Crippen molar-refractivity contribution in [2.75, 3.05) is 18.9 Å². The van der Waals surface area contributed by atoms with Crippen LogP contribution in [0.15, 0.2) is 79.5 Å². The summed E-state index contributed by atoms with van der Waals surface area (Å²) in [5.41, 5.74) is -1.15. The summed E-state index contributed by atoms with van der Waals surface area (Å²) in [7, 11) is -13.4. The van der Waals surface area contributed by atoms with Crippen LogP contribution < -0.4 is 10.6 Å². The summed E-state index contributed by atoms with van der Waals surface area (Å²) >= 11 is 0. The molecule has 1 amide bonds. The van der Waals surface area contributed by atoms with Crippen molar-refractivity contribution < 1.29 is 48.8 Å². The van der Waals surface area contributed by atoms with Crippen LogP contribution in [0, 0.1) is 0 Å². The van der Waals surface area contributed by atoms with Gasteiger partial charge >= 0.3 is 0 Å². The first-order chi connectivity index (χ1) is 19.0. The third-order valence-corrected chi connectivity index (χ3v) is 8.42. The van der Waals surface area contributed by atoms with Gasteiger partial charge in [0.25, 0.3) is 30.4 Å². The molecule has 0 fully saturated rings. The minimum atomic E-state index is -5.13. The molecular weight excluding hydrogens is 604 g/mol. The van der Waals surface area contributed by atoms with Crippen molar-refractivity contribution in [3.8, 4) is 5.75 Å². The Morgan fingerprint density at radius 1 is 0.780 bits per heavy atom. The minimum absolute atomic E-state index is 0.0175. The number of phenolic OH excluding ortho intramolecular Hbond substituents is 1. The molecule has 6 N–H and O–H groups in total. The van der Waals surface area contributed by atoms with Crippen molar-refractivity contribution in [1.82, 2.24) is 5.32 Å². The Morgan fingerprint density at radius 2 is 1.44 bits per heavy atom. The van der Waals surface area contributed by atoms with Gasteiger partial charge in [-0.2, -0.15) is 25.3 Å². The molecule has 0 unspecified atom stereocenters. The lowest BCUT2D eigenvalue weighted by molar-refractivity contribution is -0.115. The van der Waals surface area contributed by atoms with E-state index in [9.17, 15) is 48.8 Å². The van der Waals surface area contributed by atoms with Crippen LogP contribution in [-0.4, -0.2) is 63.5 Å². The van der Waals surface area contributed by atoms with E-state index in [0.29, 0.717) is 0 Å². The van der Waals surface area contributed by atoms with Gasteiger partial charge in [0.15, 0.2) is 5.75 Å². The first-order valence-electron chi connectivity index (χ1n) is 11.2. The number of carbonyl (C=O) groups is 1. The van der Waals surface area contributed by atoms with E-state index in [0.717, 1.165) is 36.4 Å². The van der Waals surface area contributed by atoms with Gasteiger partial charge in [-0.25, -0.2) is 0 Å². The second kappa shape index (κ2) is 10.7. The number of hydrogen-bond donors (Lipinski definition) is 6. The maximum atomic E-state index is 12.3. The summed E-state index contributed by atoms with van der Waals surface area (Å²) in [6.07, 6.45) is 0. The molecule has 4 aromatic carbocycles. The van der Waals surface area contributed by atoms with Crippen molar-refractivity contribution in [1.29, 1.82) is 0 Å². The predicted octanol–water partition coefficient (Wildman–Crippen LogP) is 3.01. The van der Waals surface area contributed by atoms with E-state index in [1.54, 1.807) is 7.05 Å². The number of fused-ring (bicyclic) bond motifs is 2. The second-order valence-corrected chi connectivity index (χ2v) is 12.6. The number of likely N-dealkylation sites (N-methyl/N-ethyl adjacent to an activating group) is 1. The van der Waals surface area contributed by atoms with E-state index >= 15 is 0 Å². The molecule has 0 aliphatic carbocycles. The lowest BCUT2D eigenvalue weighted by Gasteiger charge is -2.12. The van der Waals surface area contributed by atoms with Gasteiger partial charge < -0.3 is 15.7 Å². The molecule has 0 aliphatic rings. The lowest BCUT2D eigenvalue weighted by atomic mass is 10.1. The van der Waals surface area contributed by atoms with Gasteiger partial charge in [-0.1, -0.05) is 18.2 Å².